The predicted molar refractivity (Wildman–Crippen MR) is 197 cm³/mol. The molecule has 2 aromatic rings. The molecule has 0 spiro atoms. The lowest BCUT2D eigenvalue weighted by Crippen LogP contribution is -2.37. The van der Waals surface area contributed by atoms with Crippen molar-refractivity contribution in [2.45, 2.75) is 73.1 Å². The van der Waals surface area contributed by atoms with Crippen LogP contribution in [0.4, 0.5) is 11.6 Å². The number of aromatic nitrogens is 2. The van der Waals surface area contributed by atoms with E-state index in [1.807, 2.05) is 26.0 Å². The minimum atomic E-state index is -0.328. The number of morpholine rings is 2. The average molecular weight is 700 g/mol. The van der Waals surface area contributed by atoms with Crippen molar-refractivity contribution in [1.82, 2.24) is 15.3 Å². The largest absolute Gasteiger partial charge is 0.465 e. The predicted octanol–water partition coefficient (Wildman–Crippen LogP) is 4.95. The fourth-order valence-corrected chi connectivity index (χ4v) is 6.08. The highest BCUT2D eigenvalue weighted by atomic mass is 16.5. The van der Waals surface area contributed by atoms with Gasteiger partial charge in [0.25, 0.3) is 5.91 Å². The van der Waals surface area contributed by atoms with Crippen molar-refractivity contribution in [3.63, 3.8) is 0 Å². The van der Waals surface area contributed by atoms with Crippen LogP contribution in [-0.2, 0) is 36.5 Å². The molecule has 0 bridgehead atoms. The fourth-order valence-electron chi connectivity index (χ4n) is 6.08. The summed E-state index contributed by atoms with van der Waals surface area (Å²) in [7, 11) is 4.77. The molecule has 0 saturated carbocycles. The van der Waals surface area contributed by atoms with E-state index in [9.17, 15) is 9.59 Å². The quantitative estimate of drug-likeness (QED) is 0.201. The number of esters is 1. The Bertz CT molecular complexity index is 1350. The number of carbonyl (C=O) groups is 2. The SMILES string of the molecule is COCCCc1nc(N2CCOCC2)cc(C)c1C(=O)NCCCC(C)(C)C.COCCCc1nc(N2CCOCC2)cc(C)c1C(=O)OC. The highest BCUT2D eigenvalue weighted by Crippen LogP contribution is 2.24. The van der Waals surface area contributed by atoms with Crippen molar-refractivity contribution in [2.75, 3.05) is 103 Å². The number of anilines is 2. The summed E-state index contributed by atoms with van der Waals surface area (Å²) in [4.78, 5) is 39.0. The Kier molecular flexibility index (Phi) is 17.4. The molecule has 0 aliphatic carbocycles. The maximum Gasteiger partial charge on any atom is 0.339 e. The summed E-state index contributed by atoms with van der Waals surface area (Å²) < 4.78 is 26.0. The van der Waals surface area contributed by atoms with Gasteiger partial charge in [-0.25, -0.2) is 14.8 Å². The van der Waals surface area contributed by atoms with E-state index in [1.54, 1.807) is 14.2 Å². The summed E-state index contributed by atoms with van der Waals surface area (Å²) in [6.07, 6.45) is 5.15. The van der Waals surface area contributed by atoms with Crippen LogP contribution in [0, 0.1) is 19.3 Å². The Morgan fingerprint density at radius 1 is 0.760 bits per heavy atom. The Morgan fingerprint density at radius 3 is 1.66 bits per heavy atom. The highest BCUT2D eigenvalue weighted by Gasteiger charge is 2.22. The van der Waals surface area contributed by atoms with E-state index in [2.05, 4.69) is 35.9 Å². The highest BCUT2D eigenvalue weighted by molar-refractivity contribution is 5.97. The second-order valence-corrected chi connectivity index (χ2v) is 14.0. The van der Waals surface area contributed by atoms with Gasteiger partial charge in [-0.3, -0.25) is 4.79 Å². The number of nitrogens with one attached hydrogen (secondary N) is 1. The maximum atomic E-state index is 12.9. The van der Waals surface area contributed by atoms with Gasteiger partial charge in [-0.05, 0) is 81.0 Å². The van der Waals surface area contributed by atoms with E-state index in [0.29, 0.717) is 45.0 Å². The van der Waals surface area contributed by atoms with Crippen LogP contribution in [0.15, 0.2) is 12.1 Å². The van der Waals surface area contributed by atoms with Gasteiger partial charge >= 0.3 is 5.97 Å². The zero-order chi connectivity index (χ0) is 36.5. The Balaban J connectivity index is 0.000000278. The Labute approximate surface area is 299 Å². The molecule has 0 atom stereocenters. The zero-order valence-corrected chi connectivity index (χ0v) is 31.8. The fraction of sp³-hybridized carbons (Fsp3) is 0.684. The van der Waals surface area contributed by atoms with E-state index in [1.165, 1.54) is 7.11 Å². The Hall–Kier alpha value is -3.32. The normalized spacial score (nSPS) is 15.0. The maximum absolute atomic E-state index is 12.9. The molecule has 1 amide bonds. The van der Waals surface area contributed by atoms with Gasteiger partial charge in [0.1, 0.15) is 11.6 Å². The zero-order valence-electron chi connectivity index (χ0n) is 31.8. The third-order valence-corrected chi connectivity index (χ3v) is 8.76. The molecule has 12 heteroatoms. The number of ether oxygens (including phenoxy) is 5. The molecule has 2 aromatic heterocycles. The van der Waals surface area contributed by atoms with E-state index in [-0.39, 0.29) is 17.3 Å². The van der Waals surface area contributed by atoms with Crippen molar-refractivity contribution in [3.05, 3.63) is 45.8 Å². The van der Waals surface area contributed by atoms with Crippen LogP contribution in [0.3, 0.4) is 0 Å². The number of pyridine rings is 2. The lowest BCUT2D eigenvalue weighted by molar-refractivity contribution is 0.0597. The van der Waals surface area contributed by atoms with Crippen LogP contribution < -0.4 is 15.1 Å². The monoisotopic (exact) mass is 699 g/mol. The van der Waals surface area contributed by atoms with E-state index >= 15 is 0 Å². The van der Waals surface area contributed by atoms with Gasteiger partial charge in [0, 0.05) is 60.2 Å². The second-order valence-electron chi connectivity index (χ2n) is 14.0. The van der Waals surface area contributed by atoms with E-state index in [0.717, 1.165) is 111 Å². The standard InChI is InChI=1S/C22H37N3O3.C16H24N2O4/c1-17-16-19(25-11-14-28-15-12-25)24-18(8-6-13-27-5)20(17)21(26)23-10-7-9-22(2,3)4;1-12-11-14(18-6-9-22-10-7-18)17-13(5-4-8-20-2)15(12)16(19)21-3/h16H,6-15H2,1-5H3,(H,23,26);11H,4-10H2,1-3H3. The van der Waals surface area contributed by atoms with Gasteiger partial charge in [0.2, 0.25) is 0 Å². The van der Waals surface area contributed by atoms with E-state index < -0.39 is 0 Å². The van der Waals surface area contributed by atoms with Crippen LogP contribution in [0.1, 0.15) is 89.7 Å². The molecule has 50 heavy (non-hydrogen) atoms. The summed E-state index contributed by atoms with van der Waals surface area (Å²) in [6, 6.07) is 3.99. The number of carbonyl (C=O) groups excluding carboxylic acids is 2. The summed E-state index contributed by atoms with van der Waals surface area (Å²) in [5.41, 5.74) is 5.12. The molecule has 1 N–H and O–H groups in total. The number of aryl methyl sites for hydroxylation is 4. The van der Waals surface area contributed by atoms with Crippen molar-refractivity contribution in [1.29, 1.82) is 0 Å². The molecule has 2 saturated heterocycles. The third kappa shape index (κ3) is 13.1. The van der Waals surface area contributed by atoms with Crippen molar-refractivity contribution < 1.29 is 33.3 Å². The van der Waals surface area contributed by atoms with Gasteiger partial charge < -0.3 is 38.8 Å². The Morgan fingerprint density at radius 2 is 1.22 bits per heavy atom. The minimum absolute atomic E-state index is 0.0140. The number of amides is 1. The smallest absolute Gasteiger partial charge is 0.339 e. The molecule has 12 nitrogen and oxygen atoms in total. The van der Waals surface area contributed by atoms with Gasteiger partial charge in [-0.2, -0.15) is 0 Å². The summed E-state index contributed by atoms with van der Waals surface area (Å²) >= 11 is 0. The van der Waals surface area contributed by atoms with Crippen LogP contribution in [0.25, 0.3) is 0 Å². The number of nitrogens with zero attached hydrogens (tertiary/aromatic N) is 4. The second kappa shape index (κ2) is 21.1. The number of hydrogen-bond acceptors (Lipinski definition) is 11. The van der Waals surface area contributed by atoms with E-state index in [4.69, 9.17) is 33.7 Å². The molecule has 2 fully saturated rings. The molecule has 2 aliphatic heterocycles. The van der Waals surface area contributed by atoms with Gasteiger partial charge in [0.05, 0.1) is 56.1 Å². The molecule has 0 radical (unpaired) electrons. The minimum Gasteiger partial charge on any atom is -0.465 e. The first-order valence-electron chi connectivity index (χ1n) is 18.0. The molecular weight excluding hydrogens is 638 g/mol. The van der Waals surface area contributed by atoms with Gasteiger partial charge in [-0.15, -0.1) is 0 Å². The number of methoxy groups -OCH3 is 3. The summed E-state index contributed by atoms with van der Waals surface area (Å²) in [6.45, 7) is 18.8. The van der Waals surface area contributed by atoms with Gasteiger partial charge in [0.15, 0.2) is 0 Å². The molecular formula is C38H61N5O7. The van der Waals surface area contributed by atoms with Crippen molar-refractivity contribution >= 4 is 23.5 Å². The lowest BCUT2D eigenvalue weighted by atomic mass is 9.90. The molecule has 4 rings (SSSR count). The van der Waals surface area contributed by atoms with Crippen LogP contribution in [0.5, 0.6) is 0 Å². The molecule has 280 valence electrons. The van der Waals surface area contributed by atoms with Crippen molar-refractivity contribution in [3.8, 4) is 0 Å². The topological polar surface area (TPSA) is 125 Å². The summed E-state index contributed by atoms with van der Waals surface area (Å²) in [5.74, 6) is 1.50. The van der Waals surface area contributed by atoms with Crippen LogP contribution in [-0.4, -0.2) is 116 Å². The molecule has 0 unspecified atom stereocenters. The third-order valence-electron chi connectivity index (χ3n) is 8.76. The van der Waals surface area contributed by atoms with Gasteiger partial charge in [-0.1, -0.05) is 20.8 Å². The van der Waals surface area contributed by atoms with Crippen LogP contribution in [0.2, 0.25) is 0 Å². The average Bonchev–Trinajstić information content (AvgIpc) is 3.10. The lowest BCUT2D eigenvalue weighted by Gasteiger charge is -2.29. The van der Waals surface area contributed by atoms with Crippen LogP contribution >= 0.6 is 0 Å². The molecule has 0 aromatic carbocycles. The number of rotatable bonds is 15. The molecule has 2 aliphatic rings. The first kappa shape index (κ1) is 41.1. The van der Waals surface area contributed by atoms with Crippen molar-refractivity contribution in [2.24, 2.45) is 5.41 Å². The summed E-state index contributed by atoms with van der Waals surface area (Å²) in [5, 5.41) is 3.10. The number of hydrogen-bond donors (Lipinski definition) is 1. The first-order chi connectivity index (χ1) is 24.0. The first-order valence-corrected chi connectivity index (χ1v) is 18.0. The molecule has 4 heterocycles.